The molecule has 43 heavy (non-hydrogen) atoms. The normalized spacial score (nSPS) is 19.5. The Morgan fingerprint density at radius 3 is 2.44 bits per heavy atom. The Hall–Kier alpha value is -4.39. The number of carbonyl (C=O) groups excluding carboxylic acids is 1. The van der Waals surface area contributed by atoms with Gasteiger partial charge >= 0.3 is 0 Å². The van der Waals surface area contributed by atoms with E-state index in [2.05, 4.69) is 6.07 Å². The van der Waals surface area contributed by atoms with Crippen molar-refractivity contribution in [1.29, 1.82) is 10.7 Å². The molecule has 0 saturated heterocycles. The Morgan fingerprint density at radius 1 is 1.09 bits per heavy atom. The van der Waals surface area contributed by atoms with Gasteiger partial charge in [-0.05, 0) is 65.9 Å². The van der Waals surface area contributed by atoms with Gasteiger partial charge in [-0.25, -0.2) is 0 Å². The quantitative estimate of drug-likeness (QED) is 0.211. The van der Waals surface area contributed by atoms with Crippen LogP contribution in [0.2, 0.25) is 10.0 Å². The number of nitrogens with zero attached hydrogens (tertiary/aromatic N) is 3. The average molecular weight is 620 g/mol. The Morgan fingerprint density at radius 2 is 1.79 bits per heavy atom. The number of hydrogen-bond donors (Lipinski definition) is 1. The molecule has 1 aliphatic heterocycles. The zero-order chi connectivity index (χ0) is 31.1. The second kappa shape index (κ2) is 11.7. The summed E-state index contributed by atoms with van der Waals surface area (Å²) < 4.78 is 11.5. The second-order valence-corrected chi connectivity index (χ2v) is 12.2. The first-order valence-corrected chi connectivity index (χ1v) is 14.2. The summed E-state index contributed by atoms with van der Waals surface area (Å²) in [5.41, 5.74) is 1.46. The molecular formula is C32H28Cl2N4O5. The predicted octanol–water partition coefficient (Wildman–Crippen LogP) is 7.85. The lowest BCUT2D eigenvalue weighted by Gasteiger charge is -2.45. The van der Waals surface area contributed by atoms with Gasteiger partial charge < -0.3 is 9.47 Å². The van der Waals surface area contributed by atoms with E-state index in [9.17, 15) is 25.6 Å². The fraction of sp³-hybridized carbons (Fsp3) is 0.281. The maximum atomic E-state index is 13.9. The largest absolute Gasteiger partial charge is 0.496 e. The number of Topliss-reactive ketones (excluding diaryl/α,β-unsaturated/α-hetero) is 1. The monoisotopic (exact) mass is 618 g/mol. The third-order valence-electron chi connectivity index (χ3n) is 7.73. The molecule has 0 fully saturated rings. The molecule has 1 aliphatic carbocycles. The van der Waals surface area contributed by atoms with Crippen LogP contribution in [-0.4, -0.2) is 23.7 Å². The number of nitro benzene ring substituents is 1. The molecule has 0 amide bonds. The number of halogens is 2. The van der Waals surface area contributed by atoms with Crippen molar-refractivity contribution in [2.24, 2.45) is 11.3 Å². The van der Waals surface area contributed by atoms with Crippen LogP contribution in [0.3, 0.4) is 0 Å². The van der Waals surface area contributed by atoms with Gasteiger partial charge in [-0.15, -0.1) is 0 Å². The van der Waals surface area contributed by atoms with Gasteiger partial charge in [0.25, 0.3) is 5.69 Å². The Balaban J connectivity index is 1.67. The van der Waals surface area contributed by atoms with Gasteiger partial charge in [0, 0.05) is 45.3 Å². The van der Waals surface area contributed by atoms with Crippen molar-refractivity contribution in [2.75, 3.05) is 12.0 Å². The van der Waals surface area contributed by atoms with Crippen LogP contribution in [0.4, 0.5) is 11.4 Å². The molecule has 2 aliphatic rings. The molecule has 2 atom stereocenters. The van der Waals surface area contributed by atoms with E-state index in [-0.39, 0.29) is 41.0 Å². The summed E-state index contributed by atoms with van der Waals surface area (Å²) in [5, 5.41) is 32.5. The minimum atomic E-state index is -1.11. The van der Waals surface area contributed by atoms with Crippen LogP contribution in [0.15, 0.2) is 71.9 Å². The number of carbonyl (C=O) groups is 1. The minimum Gasteiger partial charge on any atom is -0.496 e. The van der Waals surface area contributed by atoms with Gasteiger partial charge in [-0.1, -0.05) is 43.1 Å². The number of nitriles is 1. The highest BCUT2D eigenvalue weighted by Crippen LogP contribution is 2.51. The van der Waals surface area contributed by atoms with Crippen molar-refractivity contribution in [3.63, 3.8) is 0 Å². The zero-order valence-electron chi connectivity index (χ0n) is 23.7. The molecule has 0 radical (unpaired) electrons. The molecule has 2 unspecified atom stereocenters. The van der Waals surface area contributed by atoms with Crippen LogP contribution in [0, 0.1) is 38.2 Å². The Bertz CT molecular complexity index is 1710. The number of amidine groups is 1. The first kappa shape index (κ1) is 30.1. The van der Waals surface area contributed by atoms with Gasteiger partial charge in [0.1, 0.15) is 35.5 Å². The number of nitrogens with one attached hydrogen (secondary N) is 1. The molecule has 9 nitrogen and oxygen atoms in total. The molecule has 0 spiro atoms. The Kier molecular flexibility index (Phi) is 8.19. The fourth-order valence-electron chi connectivity index (χ4n) is 5.86. The molecule has 0 bridgehead atoms. The third kappa shape index (κ3) is 5.81. The van der Waals surface area contributed by atoms with Crippen molar-refractivity contribution in [3.8, 4) is 17.6 Å². The van der Waals surface area contributed by atoms with Crippen molar-refractivity contribution in [2.45, 2.75) is 39.2 Å². The smallest absolute Gasteiger partial charge is 0.294 e. The lowest BCUT2D eigenvalue weighted by atomic mass is 9.66. The van der Waals surface area contributed by atoms with Crippen LogP contribution < -0.4 is 14.4 Å². The standard InChI is InChI=1S/C32H28Cl2N4O5/c1-32(2)14-26-30(27(39)15-32)29(23(16-35)31(36)37(26)24-10-7-21(34)13-25(24)38(40)41)18-4-11-28(42-3)19(12-18)17-43-22-8-5-20(33)6-9-22/h4-13,23,29,36H,14-15,17H2,1-3H3. The van der Waals surface area contributed by atoms with Gasteiger partial charge in [-0.3, -0.25) is 25.2 Å². The van der Waals surface area contributed by atoms with Crippen LogP contribution in [-0.2, 0) is 11.4 Å². The summed E-state index contributed by atoms with van der Waals surface area (Å²) in [6.07, 6.45) is 0.598. The van der Waals surface area contributed by atoms with E-state index in [1.807, 2.05) is 19.9 Å². The number of ketones is 1. The lowest BCUT2D eigenvalue weighted by Crippen LogP contribution is -2.48. The molecule has 0 saturated carbocycles. The van der Waals surface area contributed by atoms with Gasteiger partial charge in [0.15, 0.2) is 5.78 Å². The number of benzene rings is 3. The average Bonchev–Trinajstić information content (AvgIpc) is 2.96. The fourth-order valence-corrected chi connectivity index (χ4v) is 6.15. The Labute approximate surface area is 258 Å². The number of hydrogen-bond acceptors (Lipinski definition) is 7. The number of allylic oxidation sites excluding steroid dienone is 2. The van der Waals surface area contributed by atoms with E-state index in [4.69, 9.17) is 32.7 Å². The molecule has 3 aromatic carbocycles. The maximum absolute atomic E-state index is 13.9. The van der Waals surface area contributed by atoms with Crippen molar-refractivity contribution >= 4 is 46.2 Å². The predicted molar refractivity (Wildman–Crippen MR) is 164 cm³/mol. The molecule has 3 aromatic rings. The van der Waals surface area contributed by atoms with Crippen LogP contribution >= 0.6 is 23.2 Å². The zero-order valence-corrected chi connectivity index (χ0v) is 25.2. The first-order valence-electron chi connectivity index (χ1n) is 13.5. The number of methoxy groups -OCH3 is 1. The van der Waals surface area contributed by atoms with E-state index in [0.29, 0.717) is 45.3 Å². The van der Waals surface area contributed by atoms with Crippen LogP contribution in [0.5, 0.6) is 11.5 Å². The third-order valence-corrected chi connectivity index (χ3v) is 8.22. The first-order chi connectivity index (χ1) is 20.4. The molecule has 1 N–H and O–H groups in total. The second-order valence-electron chi connectivity index (χ2n) is 11.3. The highest BCUT2D eigenvalue weighted by atomic mass is 35.5. The summed E-state index contributed by atoms with van der Waals surface area (Å²) in [7, 11) is 1.54. The van der Waals surface area contributed by atoms with Gasteiger partial charge in [0.05, 0.1) is 18.1 Å². The molecular weight excluding hydrogens is 591 g/mol. The highest BCUT2D eigenvalue weighted by molar-refractivity contribution is 6.31. The summed E-state index contributed by atoms with van der Waals surface area (Å²) in [4.78, 5) is 26.8. The number of rotatable bonds is 7. The van der Waals surface area contributed by atoms with Gasteiger partial charge in [0.2, 0.25) is 0 Å². The molecule has 220 valence electrons. The van der Waals surface area contributed by atoms with E-state index in [0.717, 1.165) is 0 Å². The van der Waals surface area contributed by atoms with E-state index >= 15 is 0 Å². The number of anilines is 1. The van der Waals surface area contributed by atoms with Crippen LogP contribution in [0.25, 0.3) is 0 Å². The van der Waals surface area contributed by atoms with Crippen molar-refractivity contribution in [1.82, 2.24) is 0 Å². The molecule has 0 aromatic heterocycles. The summed E-state index contributed by atoms with van der Waals surface area (Å²) >= 11 is 12.1. The molecule has 1 heterocycles. The van der Waals surface area contributed by atoms with E-state index in [1.54, 1.807) is 43.5 Å². The van der Waals surface area contributed by atoms with E-state index in [1.165, 1.54) is 23.1 Å². The summed E-state index contributed by atoms with van der Waals surface area (Å²) in [5.74, 6) is -1.06. The van der Waals surface area contributed by atoms with Gasteiger partial charge in [-0.2, -0.15) is 5.26 Å². The number of nitro groups is 1. The molecule has 5 rings (SSSR count). The van der Waals surface area contributed by atoms with E-state index < -0.39 is 22.2 Å². The molecule has 11 heteroatoms. The highest BCUT2D eigenvalue weighted by Gasteiger charge is 2.49. The van der Waals surface area contributed by atoms with Crippen molar-refractivity contribution in [3.05, 3.63) is 103 Å². The number of ether oxygens (including phenoxy) is 2. The van der Waals surface area contributed by atoms with Crippen molar-refractivity contribution < 1.29 is 19.2 Å². The summed E-state index contributed by atoms with van der Waals surface area (Å²) in [6, 6.07) is 18.7. The lowest BCUT2D eigenvalue weighted by molar-refractivity contribution is -0.384. The minimum absolute atomic E-state index is 0.0860. The van der Waals surface area contributed by atoms with Crippen LogP contribution in [0.1, 0.15) is 43.7 Å². The summed E-state index contributed by atoms with van der Waals surface area (Å²) in [6.45, 7) is 4.02. The topological polar surface area (TPSA) is 130 Å². The maximum Gasteiger partial charge on any atom is 0.294 e. The SMILES string of the molecule is COc1ccc(C2C3=C(CC(C)(C)CC3=O)N(c3ccc(Cl)cc3[N+](=O)[O-])C(=N)C2C#N)cc1COc1ccc(Cl)cc1.